The number of alkyl halides is 3. The minimum Gasteiger partial charge on any atom is -0.383 e. The number of nitrogens with two attached hydrogens (primary N) is 1. The zero-order chi connectivity index (χ0) is 10.0. The number of hydrogen-bond acceptors (Lipinski definition) is 2. The Morgan fingerprint density at radius 2 is 2.15 bits per heavy atom. The van der Waals surface area contributed by atoms with Gasteiger partial charge in [-0.2, -0.15) is 0 Å². The van der Waals surface area contributed by atoms with Gasteiger partial charge in [-0.05, 0) is 15.9 Å². The summed E-state index contributed by atoms with van der Waals surface area (Å²) in [6, 6.07) is 0. The van der Waals surface area contributed by atoms with E-state index < -0.39 is 6.43 Å². The van der Waals surface area contributed by atoms with Crippen molar-refractivity contribution < 1.29 is 8.78 Å². The molecule has 0 spiro atoms. The maximum atomic E-state index is 12.3. The topological polar surface area (TPSA) is 38.9 Å². The van der Waals surface area contributed by atoms with Gasteiger partial charge in [0.05, 0.1) is 5.56 Å². The Morgan fingerprint density at radius 3 is 2.62 bits per heavy atom. The average molecular weight is 316 g/mol. The van der Waals surface area contributed by atoms with Gasteiger partial charge in [-0.1, -0.05) is 15.9 Å². The molecule has 0 aliphatic rings. The fourth-order valence-electron chi connectivity index (χ4n) is 0.840. The highest BCUT2D eigenvalue weighted by molar-refractivity contribution is 9.10. The summed E-state index contributed by atoms with van der Waals surface area (Å²) in [5, 5.41) is 0.396. The smallest absolute Gasteiger partial charge is 0.266 e. The third-order valence-corrected chi connectivity index (χ3v) is 3.04. The van der Waals surface area contributed by atoms with Gasteiger partial charge in [0.15, 0.2) is 0 Å². The van der Waals surface area contributed by atoms with E-state index in [1.165, 1.54) is 0 Å². The zero-order valence-corrected chi connectivity index (χ0v) is 9.57. The van der Waals surface area contributed by atoms with E-state index >= 15 is 0 Å². The Hall–Kier alpha value is -0.230. The van der Waals surface area contributed by atoms with Gasteiger partial charge in [-0.3, -0.25) is 0 Å². The van der Waals surface area contributed by atoms with Crippen LogP contribution in [0.1, 0.15) is 17.6 Å². The average Bonchev–Trinajstić information content (AvgIpc) is 2.04. The molecule has 1 rings (SSSR count). The van der Waals surface area contributed by atoms with Gasteiger partial charge in [0, 0.05) is 21.6 Å². The highest BCUT2D eigenvalue weighted by atomic mass is 79.9. The van der Waals surface area contributed by atoms with E-state index in [9.17, 15) is 8.78 Å². The number of rotatable bonds is 2. The lowest BCUT2D eigenvalue weighted by Gasteiger charge is -2.08. The van der Waals surface area contributed by atoms with Gasteiger partial charge in [-0.25, -0.2) is 13.8 Å². The van der Waals surface area contributed by atoms with Crippen molar-refractivity contribution in [2.24, 2.45) is 0 Å². The summed E-state index contributed by atoms with van der Waals surface area (Å²) in [6.45, 7) is 0. The predicted molar refractivity (Wildman–Crippen MR) is 53.9 cm³/mol. The summed E-state index contributed by atoms with van der Waals surface area (Å²) in [7, 11) is 0. The molecule has 0 aliphatic heterocycles. The first kappa shape index (κ1) is 10.8. The molecule has 1 aromatic heterocycles. The highest BCUT2D eigenvalue weighted by Crippen LogP contribution is 2.32. The number of anilines is 1. The lowest BCUT2D eigenvalue weighted by molar-refractivity contribution is 0.150. The highest BCUT2D eigenvalue weighted by Gasteiger charge is 2.16. The number of halogens is 4. The minimum atomic E-state index is -2.54. The SMILES string of the molecule is Nc1ncc(C(F)F)c(Br)c1CBr. The zero-order valence-electron chi connectivity index (χ0n) is 6.40. The molecule has 0 amide bonds. The second kappa shape index (κ2) is 4.32. The second-order valence-corrected chi connectivity index (χ2v) is 3.68. The van der Waals surface area contributed by atoms with Crippen molar-refractivity contribution in [3.8, 4) is 0 Å². The first-order valence-electron chi connectivity index (χ1n) is 3.34. The Labute approximate surface area is 90.8 Å². The first-order chi connectivity index (χ1) is 6.07. The monoisotopic (exact) mass is 314 g/mol. The standard InChI is InChI=1S/C7H6Br2F2N2/c8-1-3-5(9)4(6(10)11)2-13-7(3)12/h2,6H,1H2,(H2,12,13). The molecule has 2 nitrogen and oxygen atoms in total. The molecular weight excluding hydrogens is 310 g/mol. The van der Waals surface area contributed by atoms with Gasteiger partial charge in [0.25, 0.3) is 6.43 Å². The fraction of sp³-hybridized carbons (Fsp3) is 0.286. The summed E-state index contributed by atoms with van der Waals surface area (Å²) in [5.74, 6) is 0.258. The van der Waals surface area contributed by atoms with E-state index in [0.717, 1.165) is 6.20 Å². The van der Waals surface area contributed by atoms with Crippen LogP contribution in [0.15, 0.2) is 10.7 Å². The van der Waals surface area contributed by atoms with Gasteiger partial charge in [0.2, 0.25) is 0 Å². The molecule has 72 valence electrons. The maximum Gasteiger partial charge on any atom is 0.266 e. The van der Waals surface area contributed by atoms with Crippen molar-refractivity contribution in [1.82, 2.24) is 4.98 Å². The fourth-order valence-corrected chi connectivity index (χ4v) is 2.40. The third-order valence-electron chi connectivity index (χ3n) is 1.54. The normalized spacial score (nSPS) is 10.8. The lowest BCUT2D eigenvalue weighted by atomic mass is 10.2. The van der Waals surface area contributed by atoms with E-state index in [1.807, 2.05) is 0 Å². The van der Waals surface area contributed by atoms with Crippen LogP contribution in [0.2, 0.25) is 0 Å². The molecule has 0 unspecified atom stereocenters. The lowest BCUT2D eigenvalue weighted by Crippen LogP contribution is -2.00. The number of nitrogen functional groups attached to an aromatic ring is 1. The van der Waals surface area contributed by atoms with Crippen LogP contribution < -0.4 is 5.73 Å². The summed E-state index contributed by atoms with van der Waals surface area (Å²) in [4.78, 5) is 3.67. The maximum absolute atomic E-state index is 12.3. The van der Waals surface area contributed by atoms with Gasteiger partial charge in [-0.15, -0.1) is 0 Å². The van der Waals surface area contributed by atoms with E-state index in [-0.39, 0.29) is 11.4 Å². The molecule has 0 saturated carbocycles. The largest absolute Gasteiger partial charge is 0.383 e. The van der Waals surface area contributed by atoms with Crippen LogP contribution in [0, 0.1) is 0 Å². The molecule has 13 heavy (non-hydrogen) atoms. The van der Waals surface area contributed by atoms with Gasteiger partial charge in [0.1, 0.15) is 5.82 Å². The molecule has 0 bridgehead atoms. The van der Waals surface area contributed by atoms with Crippen molar-refractivity contribution in [2.75, 3.05) is 5.73 Å². The Morgan fingerprint density at radius 1 is 1.54 bits per heavy atom. The van der Waals surface area contributed by atoms with Crippen molar-refractivity contribution >= 4 is 37.7 Å². The van der Waals surface area contributed by atoms with Gasteiger partial charge >= 0.3 is 0 Å². The van der Waals surface area contributed by atoms with Crippen molar-refractivity contribution in [3.05, 3.63) is 21.8 Å². The summed E-state index contributed by atoms with van der Waals surface area (Å²) in [6.07, 6.45) is -1.46. The number of hydrogen-bond donors (Lipinski definition) is 1. The van der Waals surface area contributed by atoms with Gasteiger partial charge < -0.3 is 5.73 Å². The molecule has 0 saturated heterocycles. The van der Waals surface area contributed by atoms with Crippen LogP contribution in [0.3, 0.4) is 0 Å². The molecule has 0 aromatic carbocycles. The van der Waals surface area contributed by atoms with Crippen LogP contribution in [-0.4, -0.2) is 4.98 Å². The summed E-state index contributed by atoms with van der Waals surface area (Å²) in [5.41, 5.74) is 5.90. The Balaban J connectivity index is 3.27. The molecule has 0 radical (unpaired) electrons. The minimum absolute atomic E-state index is 0.136. The number of nitrogens with zero attached hydrogens (tertiary/aromatic N) is 1. The van der Waals surface area contributed by atoms with Crippen molar-refractivity contribution in [3.63, 3.8) is 0 Å². The molecular formula is C7H6Br2F2N2. The third kappa shape index (κ3) is 2.17. The van der Waals surface area contributed by atoms with E-state index in [0.29, 0.717) is 15.4 Å². The van der Waals surface area contributed by atoms with Crippen molar-refractivity contribution in [1.29, 1.82) is 0 Å². The first-order valence-corrected chi connectivity index (χ1v) is 5.26. The molecule has 0 atom stereocenters. The molecule has 1 heterocycles. The Bertz CT molecular complexity index is 318. The Kier molecular flexibility index (Phi) is 3.61. The second-order valence-electron chi connectivity index (χ2n) is 2.33. The van der Waals surface area contributed by atoms with Crippen molar-refractivity contribution in [2.45, 2.75) is 11.8 Å². The van der Waals surface area contributed by atoms with Crippen LogP contribution >= 0.6 is 31.9 Å². The van der Waals surface area contributed by atoms with Crippen LogP contribution in [0.5, 0.6) is 0 Å². The van der Waals surface area contributed by atoms with E-state index in [4.69, 9.17) is 5.73 Å². The number of pyridine rings is 1. The van der Waals surface area contributed by atoms with E-state index in [1.54, 1.807) is 0 Å². The molecule has 1 aromatic rings. The van der Waals surface area contributed by atoms with Crippen LogP contribution in [0.4, 0.5) is 14.6 Å². The van der Waals surface area contributed by atoms with E-state index in [2.05, 4.69) is 36.8 Å². The summed E-state index contributed by atoms with van der Waals surface area (Å²) < 4.78 is 25.0. The molecule has 6 heteroatoms. The summed E-state index contributed by atoms with van der Waals surface area (Å²) >= 11 is 6.21. The molecule has 0 aliphatic carbocycles. The quantitative estimate of drug-likeness (QED) is 0.851. The molecule has 0 fully saturated rings. The molecule has 2 N–H and O–H groups in total. The number of aromatic nitrogens is 1. The predicted octanol–water partition coefficient (Wildman–Crippen LogP) is 3.26. The van der Waals surface area contributed by atoms with Crippen LogP contribution in [0.25, 0.3) is 0 Å². The van der Waals surface area contributed by atoms with Crippen LogP contribution in [-0.2, 0) is 5.33 Å².